The number of amides is 1. The van der Waals surface area contributed by atoms with Crippen molar-refractivity contribution < 1.29 is 9.53 Å². The lowest BCUT2D eigenvalue weighted by Crippen LogP contribution is -2.43. The lowest BCUT2D eigenvalue weighted by Gasteiger charge is -2.19. The molecule has 1 rings (SSSR count). The van der Waals surface area contributed by atoms with Crippen molar-refractivity contribution in [3.8, 4) is 5.75 Å². The number of hydrogen-bond acceptors (Lipinski definition) is 3. The number of likely N-dealkylation sites (N-methyl/N-ethyl adjacent to an activating group) is 1. The molecular weight excluding hydrogens is 264 g/mol. The molecule has 0 fully saturated rings. The predicted octanol–water partition coefficient (Wildman–Crippen LogP) is 2.72. The molecule has 1 amide bonds. The molecule has 0 aliphatic carbocycles. The SMILES string of the molecule is CNC(=O)C(CC(C)C)NCc1cccc(OC(C)C)c1. The van der Waals surface area contributed by atoms with Crippen LogP contribution < -0.4 is 15.4 Å². The molecule has 0 spiro atoms. The minimum Gasteiger partial charge on any atom is -0.491 e. The maximum atomic E-state index is 11.9. The van der Waals surface area contributed by atoms with Gasteiger partial charge in [-0.3, -0.25) is 4.79 Å². The Hall–Kier alpha value is -1.55. The zero-order chi connectivity index (χ0) is 15.8. The summed E-state index contributed by atoms with van der Waals surface area (Å²) in [5, 5.41) is 6.05. The molecule has 1 aromatic carbocycles. The summed E-state index contributed by atoms with van der Waals surface area (Å²) < 4.78 is 5.69. The van der Waals surface area contributed by atoms with E-state index in [-0.39, 0.29) is 18.1 Å². The number of rotatable bonds is 8. The molecule has 0 bridgehead atoms. The summed E-state index contributed by atoms with van der Waals surface area (Å²) >= 11 is 0. The monoisotopic (exact) mass is 292 g/mol. The molecule has 0 aliphatic heterocycles. The van der Waals surface area contributed by atoms with Gasteiger partial charge < -0.3 is 15.4 Å². The van der Waals surface area contributed by atoms with E-state index >= 15 is 0 Å². The van der Waals surface area contributed by atoms with Crippen LogP contribution in [0.4, 0.5) is 0 Å². The molecular formula is C17H28N2O2. The van der Waals surface area contributed by atoms with Gasteiger partial charge >= 0.3 is 0 Å². The normalized spacial score (nSPS) is 12.5. The van der Waals surface area contributed by atoms with Crippen molar-refractivity contribution in [3.63, 3.8) is 0 Å². The highest BCUT2D eigenvalue weighted by Crippen LogP contribution is 2.15. The standard InChI is InChI=1S/C17H28N2O2/c1-12(2)9-16(17(20)18-5)19-11-14-7-6-8-15(10-14)21-13(3)4/h6-8,10,12-13,16,19H,9,11H2,1-5H3,(H,18,20). The van der Waals surface area contributed by atoms with Gasteiger partial charge in [-0.25, -0.2) is 0 Å². The van der Waals surface area contributed by atoms with Gasteiger partial charge in [0, 0.05) is 13.6 Å². The number of carbonyl (C=O) groups is 1. The first-order chi connectivity index (χ1) is 9.92. The second kappa shape index (κ2) is 8.67. The molecule has 0 radical (unpaired) electrons. The highest BCUT2D eigenvalue weighted by molar-refractivity contribution is 5.81. The third-order valence-corrected chi connectivity index (χ3v) is 3.09. The van der Waals surface area contributed by atoms with Gasteiger partial charge in [0.05, 0.1) is 12.1 Å². The van der Waals surface area contributed by atoms with Gasteiger partial charge in [-0.05, 0) is 43.9 Å². The summed E-state index contributed by atoms with van der Waals surface area (Å²) in [4.78, 5) is 11.9. The zero-order valence-corrected chi connectivity index (χ0v) is 13.8. The highest BCUT2D eigenvalue weighted by atomic mass is 16.5. The van der Waals surface area contributed by atoms with Crippen LogP contribution in [0, 0.1) is 5.92 Å². The summed E-state index contributed by atoms with van der Waals surface area (Å²) in [6.45, 7) is 8.91. The molecule has 1 atom stereocenters. The van der Waals surface area contributed by atoms with Crippen molar-refractivity contribution >= 4 is 5.91 Å². The Morgan fingerprint density at radius 2 is 1.95 bits per heavy atom. The Morgan fingerprint density at radius 3 is 2.52 bits per heavy atom. The highest BCUT2D eigenvalue weighted by Gasteiger charge is 2.17. The largest absolute Gasteiger partial charge is 0.491 e. The van der Waals surface area contributed by atoms with E-state index in [1.807, 2.05) is 38.1 Å². The van der Waals surface area contributed by atoms with E-state index in [0.717, 1.165) is 17.7 Å². The molecule has 118 valence electrons. The first-order valence-electron chi connectivity index (χ1n) is 7.63. The molecule has 4 nitrogen and oxygen atoms in total. The molecule has 2 N–H and O–H groups in total. The Bertz CT molecular complexity index is 444. The van der Waals surface area contributed by atoms with Crippen LogP contribution >= 0.6 is 0 Å². The van der Waals surface area contributed by atoms with Gasteiger partial charge in [-0.2, -0.15) is 0 Å². The van der Waals surface area contributed by atoms with Gasteiger partial charge in [0.15, 0.2) is 0 Å². The van der Waals surface area contributed by atoms with E-state index in [0.29, 0.717) is 12.5 Å². The smallest absolute Gasteiger partial charge is 0.236 e. The number of ether oxygens (including phenoxy) is 1. The maximum absolute atomic E-state index is 11.9. The van der Waals surface area contributed by atoms with Crippen molar-refractivity contribution in [1.82, 2.24) is 10.6 Å². The molecule has 0 saturated heterocycles. The van der Waals surface area contributed by atoms with E-state index in [1.54, 1.807) is 7.05 Å². The molecule has 0 aromatic heterocycles. The molecule has 0 saturated carbocycles. The van der Waals surface area contributed by atoms with Crippen LogP contribution in [0.1, 0.15) is 39.7 Å². The van der Waals surface area contributed by atoms with Crippen LogP contribution in [0.3, 0.4) is 0 Å². The topological polar surface area (TPSA) is 50.4 Å². The van der Waals surface area contributed by atoms with Crippen LogP contribution in [-0.2, 0) is 11.3 Å². The fourth-order valence-corrected chi connectivity index (χ4v) is 2.17. The molecule has 0 aliphatic rings. The average Bonchev–Trinajstić information content (AvgIpc) is 2.42. The molecule has 1 aromatic rings. The van der Waals surface area contributed by atoms with Gasteiger partial charge in [0.1, 0.15) is 5.75 Å². The average molecular weight is 292 g/mol. The summed E-state index contributed by atoms with van der Waals surface area (Å²) in [7, 11) is 1.68. The van der Waals surface area contributed by atoms with E-state index < -0.39 is 0 Å². The van der Waals surface area contributed by atoms with Gasteiger partial charge in [-0.15, -0.1) is 0 Å². The molecule has 0 heterocycles. The summed E-state index contributed by atoms with van der Waals surface area (Å²) in [5.41, 5.74) is 1.12. The van der Waals surface area contributed by atoms with E-state index in [2.05, 4.69) is 24.5 Å². The third kappa shape index (κ3) is 6.63. The van der Waals surface area contributed by atoms with Crippen LogP contribution in [-0.4, -0.2) is 25.1 Å². The van der Waals surface area contributed by atoms with Crippen molar-refractivity contribution in [2.24, 2.45) is 5.92 Å². The lowest BCUT2D eigenvalue weighted by molar-refractivity contribution is -0.123. The third-order valence-electron chi connectivity index (χ3n) is 3.09. The second-order valence-corrected chi connectivity index (χ2v) is 5.99. The van der Waals surface area contributed by atoms with Crippen molar-refractivity contribution in [3.05, 3.63) is 29.8 Å². The quantitative estimate of drug-likeness (QED) is 0.774. The van der Waals surface area contributed by atoms with E-state index in [4.69, 9.17) is 4.74 Å². The fourth-order valence-electron chi connectivity index (χ4n) is 2.17. The molecule has 1 unspecified atom stereocenters. The molecule has 4 heteroatoms. The Balaban J connectivity index is 2.64. The minimum atomic E-state index is -0.162. The van der Waals surface area contributed by atoms with Crippen LogP contribution in [0.2, 0.25) is 0 Å². The maximum Gasteiger partial charge on any atom is 0.236 e. The fraction of sp³-hybridized carbons (Fsp3) is 0.588. The predicted molar refractivity (Wildman–Crippen MR) is 86.4 cm³/mol. The van der Waals surface area contributed by atoms with Crippen molar-refractivity contribution in [1.29, 1.82) is 0 Å². The summed E-state index contributed by atoms with van der Waals surface area (Å²) in [6, 6.07) is 7.82. The second-order valence-electron chi connectivity index (χ2n) is 5.99. The van der Waals surface area contributed by atoms with Crippen LogP contribution in [0.5, 0.6) is 5.75 Å². The summed E-state index contributed by atoms with van der Waals surface area (Å²) in [6.07, 6.45) is 0.981. The van der Waals surface area contributed by atoms with E-state index in [1.165, 1.54) is 0 Å². The molecule has 21 heavy (non-hydrogen) atoms. The number of hydrogen-bond donors (Lipinski definition) is 2. The Morgan fingerprint density at radius 1 is 1.24 bits per heavy atom. The zero-order valence-electron chi connectivity index (χ0n) is 13.8. The first kappa shape index (κ1) is 17.5. The van der Waals surface area contributed by atoms with Gasteiger partial charge in [0.2, 0.25) is 5.91 Å². The van der Waals surface area contributed by atoms with Crippen LogP contribution in [0.15, 0.2) is 24.3 Å². The van der Waals surface area contributed by atoms with Crippen molar-refractivity contribution in [2.75, 3.05) is 7.05 Å². The minimum absolute atomic E-state index is 0.0401. The van der Waals surface area contributed by atoms with E-state index in [9.17, 15) is 4.79 Å². The lowest BCUT2D eigenvalue weighted by atomic mass is 10.0. The number of nitrogens with one attached hydrogen (secondary N) is 2. The first-order valence-corrected chi connectivity index (χ1v) is 7.63. The number of carbonyl (C=O) groups excluding carboxylic acids is 1. The Kier molecular flexibility index (Phi) is 7.23. The Labute approximate surface area is 128 Å². The summed E-state index contributed by atoms with van der Waals surface area (Å²) in [5.74, 6) is 1.37. The number of benzene rings is 1. The van der Waals surface area contributed by atoms with Crippen LogP contribution in [0.25, 0.3) is 0 Å². The van der Waals surface area contributed by atoms with Gasteiger partial charge in [-0.1, -0.05) is 26.0 Å². The van der Waals surface area contributed by atoms with Gasteiger partial charge in [0.25, 0.3) is 0 Å². The van der Waals surface area contributed by atoms with Crippen molar-refractivity contribution in [2.45, 2.75) is 52.8 Å².